The zero-order valence-electron chi connectivity index (χ0n) is 11.0. The molecule has 18 heavy (non-hydrogen) atoms. The van der Waals surface area contributed by atoms with E-state index in [0.29, 0.717) is 5.96 Å². The Morgan fingerprint density at radius 3 is 2.56 bits per heavy atom. The molecule has 0 spiro atoms. The van der Waals surface area contributed by atoms with E-state index in [1.165, 1.54) is 31.6 Å². The average molecular weight is 246 g/mol. The normalized spacial score (nSPS) is 16.1. The second-order valence-electron chi connectivity index (χ2n) is 4.63. The molecule has 1 heterocycles. The second kappa shape index (κ2) is 6.28. The van der Waals surface area contributed by atoms with E-state index in [4.69, 9.17) is 5.73 Å². The smallest absolute Gasteiger partial charge is 0.193 e. The number of nitrogens with zero attached hydrogens (tertiary/aromatic N) is 2. The van der Waals surface area contributed by atoms with Crippen LogP contribution in [-0.4, -0.2) is 25.6 Å². The first-order valence-electron chi connectivity index (χ1n) is 6.71. The minimum atomic E-state index is 0.491. The zero-order chi connectivity index (χ0) is 12.8. The molecule has 4 nitrogen and oxygen atoms in total. The highest BCUT2D eigenvalue weighted by Gasteiger charge is 2.11. The van der Waals surface area contributed by atoms with Crippen molar-refractivity contribution in [1.29, 1.82) is 0 Å². The molecule has 0 saturated carbocycles. The molecule has 3 N–H and O–H groups in total. The SMILES string of the molecule is CCCN=C(N)Nc1ccc(N2CCCC2)cc1. The molecule has 1 aromatic carbocycles. The summed E-state index contributed by atoms with van der Waals surface area (Å²) in [7, 11) is 0. The topological polar surface area (TPSA) is 53.6 Å². The first-order valence-corrected chi connectivity index (χ1v) is 6.71. The fourth-order valence-corrected chi connectivity index (χ4v) is 2.15. The highest BCUT2D eigenvalue weighted by atomic mass is 15.1. The maximum absolute atomic E-state index is 5.78. The van der Waals surface area contributed by atoms with Gasteiger partial charge in [-0.2, -0.15) is 0 Å². The molecule has 1 aliphatic heterocycles. The van der Waals surface area contributed by atoms with Gasteiger partial charge in [-0.25, -0.2) is 0 Å². The van der Waals surface area contributed by atoms with Crippen molar-refractivity contribution in [2.75, 3.05) is 29.9 Å². The van der Waals surface area contributed by atoms with E-state index >= 15 is 0 Å². The quantitative estimate of drug-likeness (QED) is 0.633. The van der Waals surface area contributed by atoms with Crippen molar-refractivity contribution in [2.45, 2.75) is 26.2 Å². The molecular formula is C14H22N4. The predicted molar refractivity (Wildman–Crippen MR) is 78.3 cm³/mol. The Balaban J connectivity index is 1.94. The number of benzene rings is 1. The molecule has 1 aliphatic rings. The summed E-state index contributed by atoms with van der Waals surface area (Å²) >= 11 is 0. The van der Waals surface area contributed by atoms with Gasteiger partial charge < -0.3 is 16.0 Å². The molecule has 0 aromatic heterocycles. The van der Waals surface area contributed by atoms with Crippen molar-refractivity contribution in [1.82, 2.24) is 0 Å². The zero-order valence-corrected chi connectivity index (χ0v) is 11.0. The Hall–Kier alpha value is -1.71. The number of hydrogen-bond acceptors (Lipinski definition) is 2. The van der Waals surface area contributed by atoms with Gasteiger partial charge in [0.05, 0.1) is 0 Å². The third kappa shape index (κ3) is 3.39. The number of hydrogen-bond donors (Lipinski definition) is 2. The summed E-state index contributed by atoms with van der Waals surface area (Å²) in [5.74, 6) is 0.491. The van der Waals surface area contributed by atoms with Gasteiger partial charge in [0.15, 0.2) is 5.96 Å². The number of nitrogens with two attached hydrogens (primary N) is 1. The van der Waals surface area contributed by atoms with E-state index in [2.05, 4.69) is 46.4 Å². The Labute approximate surface area is 109 Å². The van der Waals surface area contributed by atoms with E-state index in [1.807, 2.05) is 0 Å². The standard InChI is InChI=1S/C14H22N4/c1-2-9-16-14(15)17-12-5-7-13(8-6-12)18-10-3-4-11-18/h5-8H,2-4,9-11H2,1H3,(H3,15,16,17). The molecule has 1 saturated heterocycles. The third-order valence-corrected chi connectivity index (χ3v) is 3.12. The lowest BCUT2D eigenvalue weighted by molar-refractivity contribution is 0.929. The van der Waals surface area contributed by atoms with Crippen LogP contribution in [0.1, 0.15) is 26.2 Å². The molecule has 0 amide bonds. The Kier molecular flexibility index (Phi) is 4.45. The number of guanidine groups is 1. The summed E-state index contributed by atoms with van der Waals surface area (Å²) in [6, 6.07) is 8.39. The molecule has 1 fully saturated rings. The van der Waals surface area contributed by atoms with Crippen molar-refractivity contribution in [2.24, 2.45) is 10.7 Å². The lowest BCUT2D eigenvalue weighted by Crippen LogP contribution is -2.23. The Bertz CT molecular complexity index is 391. The number of rotatable bonds is 4. The van der Waals surface area contributed by atoms with Gasteiger partial charge in [0, 0.05) is 31.0 Å². The first kappa shape index (κ1) is 12.7. The summed E-state index contributed by atoms with van der Waals surface area (Å²) < 4.78 is 0. The monoisotopic (exact) mass is 246 g/mol. The lowest BCUT2D eigenvalue weighted by Gasteiger charge is -2.17. The van der Waals surface area contributed by atoms with Crippen molar-refractivity contribution >= 4 is 17.3 Å². The summed E-state index contributed by atoms with van der Waals surface area (Å²) in [5.41, 5.74) is 8.07. The van der Waals surface area contributed by atoms with Crippen LogP contribution < -0.4 is 16.0 Å². The Morgan fingerprint density at radius 2 is 1.94 bits per heavy atom. The summed E-state index contributed by atoms with van der Waals surface area (Å²) in [4.78, 5) is 6.63. The lowest BCUT2D eigenvalue weighted by atomic mass is 10.2. The van der Waals surface area contributed by atoms with Crippen LogP contribution in [0.3, 0.4) is 0 Å². The summed E-state index contributed by atoms with van der Waals surface area (Å²) in [6.45, 7) is 5.20. The average Bonchev–Trinajstić information content (AvgIpc) is 2.91. The van der Waals surface area contributed by atoms with Gasteiger partial charge in [-0.05, 0) is 43.5 Å². The number of aliphatic imine (C=N–C) groups is 1. The third-order valence-electron chi connectivity index (χ3n) is 3.12. The minimum Gasteiger partial charge on any atom is -0.372 e. The molecule has 1 aromatic rings. The molecule has 0 bridgehead atoms. The van der Waals surface area contributed by atoms with Crippen molar-refractivity contribution < 1.29 is 0 Å². The molecule has 0 radical (unpaired) electrons. The molecule has 4 heteroatoms. The van der Waals surface area contributed by atoms with E-state index in [0.717, 1.165) is 18.7 Å². The van der Waals surface area contributed by atoms with Crippen LogP contribution in [0.4, 0.5) is 11.4 Å². The van der Waals surface area contributed by atoms with Gasteiger partial charge in [-0.1, -0.05) is 6.92 Å². The van der Waals surface area contributed by atoms with Crippen molar-refractivity contribution in [3.05, 3.63) is 24.3 Å². The molecule has 0 unspecified atom stereocenters. The van der Waals surface area contributed by atoms with Gasteiger partial charge in [0.2, 0.25) is 0 Å². The van der Waals surface area contributed by atoms with Crippen molar-refractivity contribution in [3.63, 3.8) is 0 Å². The number of nitrogens with one attached hydrogen (secondary N) is 1. The largest absolute Gasteiger partial charge is 0.372 e. The first-order chi connectivity index (χ1) is 8.79. The Morgan fingerprint density at radius 1 is 1.28 bits per heavy atom. The molecule has 98 valence electrons. The predicted octanol–water partition coefficient (Wildman–Crippen LogP) is 2.42. The van der Waals surface area contributed by atoms with E-state index in [9.17, 15) is 0 Å². The summed E-state index contributed by atoms with van der Waals surface area (Å²) in [5, 5.41) is 3.10. The van der Waals surface area contributed by atoms with Gasteiger partial charge in [0.25, 0.3) is 0 Å². The van der Waals surface area contributed by atoms with E-state index < -0.39 is 0 Å². The van der Waals surface area contributed by atoms with Crippen LogP contribution in [0, 0.1) is 0 Å². The molecule has 2 rings (SSSR count). The molecule has 0 aliphatic carbocycles. The van der Waals surface area contributed by atoms with Gasteiger partial charge in [-0.3, -0.25) is 4.99 Å². The minimum absolute atomic E-state index is 0.491. The maximum Gasteiger partial charge on any atom is 0.193 e. The van der Waals surface area contributed by atoms with Gasteiger partial charge in [-0.15, -0.1) is 0 Å². The van der Waals surface area contributed by atoms with Crippen LogP contribution in [-0.2, 0) is 0 Å². The highest BCUT2D eigenvalue weighted by Crippen LogP contribution is 2.21. The summed E-state index contributed by atoms with van der Waals surface area (Å²) in [6.07, 6.45) is 3.61. The van der Waals surface area contributed by atoms with Crippen molar-refractivity contribution in [3.8, 4) is 0 Å². The van der Waals surface area contributed by atoms with Gasteiger partial charge >= 0.3 is 0 Å². The fraction of sp³-hybridized carbons (Fsp3) is 0.500. The van der Waals surface area contributed by atoms with Crippen LogP contribution in [0.25, 0.3) is 0 Å². The van der Waals surface area contributed by atoms with Crippen LogP contribution in [0.2, 0.25) is 0 Å². The maximum atomic E-state index is 5.78. The van der Waals surface area contributed by atoms with Gasteiger partial charge in [0.1, 0.15) is 0 Å². The second-order valence-corrected chi connectivity index (χ2v) is 4.63. The van der Waals surface area contributed by atoms with E-state index in [1.54, 1.807) is 0 Å². The van der Waals surface area contributed by atoms with Crippen LogP contribution >= 0.6 is 0 Å². The molecular weight excluding hydrogens is 224 g/mol. The number of anilines is 2. The highest BCUT2D eigenvalue weighted by molar-refractivity contribution is 5.92. The molecule has 0 atom stereocenters. The van der Waals surface area contributed by atoms with Crippen LogP contribution in [0.5, 0.6) is 0 Å². The fourth-order valence-electron chi connectivity index (χ4n) is 2.15. The van der Waals surface area contributed by atoms with Crippen LogP contribution in [0.15, 0.2) is 29.3 Å². The van der Waals surface area contributed by atoms with E-state index in [-0.39, 0.29) is 0 Å².